The topological polar surface area (TPSA) is 49.3 Å². The molecule has 3 rings (SSSR count). The van der Waals surface area contributed by atoms with Crippen LogP contribution in [-0.2, 0) is 4.79 Å². The Kier molecular flexibility index (Phi) is 3.58. The lowest BCUT2D eigenvalue weighted by Crippen LogP contribution is -2.10. The summed E-state index contributed by atoms with van der Waals surface area (Å²) in [5.41, 5.74) is 2.51. The van der Waals surface area contributed by atoms with Crippen molar-refractivity contribution in [2.45, 2.75) is 22.8 Å². The number of carbonyl (C=O) groups excluding carboxylic acids is 1. The van der Waals surface area contributed by atoms with Gasteiger partial charge in [0.25, 0.3) is 5.91 Å². The van der Waals surface area contributed by atoms with E-state index in [2.05, 4.69) is 40.3 Å². The summed E-state index contributed by atoms with van der Waals surface area (Å²) in [5.74, 6) is -0.371. The number of carbonyl (C=O) groups is 1. The zero-order valence-electron chi connectivity index (χ0n) is 10.7. The van der Waals surface area contributed by atoms with Crippen molar-refractivity contribution in [3.63, 3.8) is 0 Å². The minimum atomic E-state index is -1.07. The fourth-order valence-electron chi connectivity index (χ4n) is 2.13. The molecule has 5 heteroatoms. The predicted octanol–water partition coefficient (Wildman–Crippen LogP) is 3.89. The minimum Gasteiger partial charge on any atom is -0.378 e. The lowest BCUT2D eigenvalue weighted by molar-refractivity contribution is -0.123. The van der Waals surface area contributed by atoms with Gasteiger partial charge in [-0.05, 0) is 47.1 Å². The maximum Gasteiger partial charge on any atom is 0.257 e. The van der Waals surface area contributed by atoms with Crippen molar-refractivity contribution < 1.29 is 9.90 Å². The van der Waals surface area contributed by atoms with E-state index in [-0.39, 0.29) is 5.91 Å². The zero-order chi connectivity index (χ0) is 14.3. The molecule has 0 aliphatic carbocycles. The van der Waals surface area contributed by atoms with Crippen LogP contribution in [0.4, 0.5) is 5.69 Å². The molecule has 1 aliphatic rings. The molecule has 1 heterocycles. The fraction of sp³-hybridized carbons (Fsp3) is 0.133. The summed E-state index contributed by atoms with van der Waals surface area (Å²) >= 11 is 5.12. The van der Waals surface area contributed by atoms with E-state index in [0.29, 0.717) is 11.3 Å². The van der Waals surface area contributed by atoms with Crippen molar-refractivity contribution in [1.29, 1.82) is 0 Å². The molecule has 102 valence electrons. The van der Waals surface area contributed by atoms with Crippen LogP contribution < -0.4 is 5.32 Å². The van der Waals surface area contributed by atoms with Crippen molar-refractivity contribution in [3.05, 3.63) is 52.0 Å². The highest BCUT2D eigenvalue weighted by molar-refractivity contribution is 9.10. The first kappa shape index (κ1) is 13.7. The average Bonchev–Trinajstić information content (AvgIpc) is 2.66. The molecule has 0 aromatic heterocycles. The lowest BCUT2D eigenvalue weighted by atomic mass is 10.1. The number of amides is 1. The maximum atomic E-state index is 11.5. The van der Waals surface area contributed by atoms with Crippen LogP contribution >= 0.6 is 27.7 Å². The highest BCUT2D eigenvalue weighted by Gasteiger charge is 2.29. The van der Waals surface area contributed by atoms with Gasteiger partial charge >= 0.3 is 0 Å². The number of rotatable bonds is 2. The van der Waals surface area contributed by atoms with Gasteiger partial charge in [0.2, 0.25) is 0 Å². The third-order valence-electron chi connectivity index (χ3n) is 3.12. The summed E-state index contributed by atoms with van der Waals surface area (Å²) in [6, 6.07) is 11.9. The van der Waals surface area contributed by atoms with E-state index >= 15 is 0 Å². The molecule has 0 fully saturated rings. The number of benzene rings is 2. The summed E-state index contributed by atoms with van der Waals surface area (Å²) in [6.07, 6.45) is -1.07. The summed E-state index contributed by atoms with van der Waals surface area (Å²) in [4.78, 5) is 13.6. The summed E-state index contributed by atoms with van der Waals surface area (Å²) in [5, 5.41) is 12.4. The van der Waals surface area contributed by atoms with Crippen LogP contribution in [0, 0.1) is 6.92 Å². The first-order valence-corrected chi connectivity index (χ1v) is 7.72. The van der Waals surface area contributed by atoms with Gasteiger partial charge < -0.3 is 10.4 Å². The molecule has 20 heavy (non-hydrogen) atoms. The van der Waals surface area contributed by atoms with Crippen molar-refractivity contribution in [3.8, 4) is 0 Å². The molecular weight excluding hydrogens is 338 g/mol. The molecule has 1 amide bonds. The van der Waals surface area contributed by atoms with Gasteiger partial charge in [-0.3, -0.25) is 4.79 Å². The average molecular weight is 350 g/mol. The first-order chi connectivity index (χ1) is 9.54. The van der Waals surface area contributed by atoms with Crippen molar-refractivity contribution >= 4 is 39.3 Å². The normalized spacial score (nSPS) is 16.9. The van der Waals surface area contributed by atoms with E-state index < -0.39 is 6.10 Å². The second kappa shape index (κ2) is 5.24. The number of anilines is 1. The van der Waals surface area contributed by atoms with Gasteiger partial charge in [0, 0.05) is 25.5 Å². The Morgan fingerprint density at radius 3 is 2.85 bits per heavy atom. The summed E-state index contributed by atoms with van der Waals surface area (Å²) < 4.78 is 0.873. The van der Waals surface area contributed by atoms with E-state index in [1.54, 1.807) is 17.8 Å². The number of halogens is 1. The number of aliphatic hydroxyl groups is 1. The summed E-state index contributed by atoms with van der Waals surface area (Å²) in [7, 11) is 0. The predicted molar refractivity (Wildman–Crippen MR) is 83.0 cm³/mol. The number of aliphatic hydroxyl groups excluding tert-OH is 1. The standard InChI is InChI=1S/C15H12BrNO2S/c1-8-3-2-4-9(5-8)20-13-7-12-10(6-11(13)16)14(18)15(19)17-12/h2-7,14,18H,1H3,(H,17,19). The van der Waals surface area contributed by atoms with Gasteiger partial charge in [-0.25, -0.2) is 0 Å². The van der Waals surface area contributed by atoms with Crippen molar-refractivity contribution in [1.82, 2.24) is 0 Å². The Morgan fingerprint density at radius 1 is 1.30 bits per heavy atom. The van der Waals surface area contributed by atoms with Crippen LogP contribution in [0.3, 0.4) is 0 Å². The number of nitrogens with one attached hydrogen (secondary N) is 1. The second-order valence-electron chi connectivity index (χ2n) is 4.68. The van der Waals surface area contributed by atoms with E-state index in [1.165, 1.54) is 5.56 Å². The third-order valence-corrected chi connectivity index (χ3v) is 5.09. The van der Waals surface area contributed by atoms with Crippen LogP contribution in [0.2, 0.25) is 0 Å². The fourth-order valence-corrected chi connectivity index (χ4v) is 3.71. The zero-order valence-corrected chi connectivity index (χ0v) is 13.1. The molecule has 2 aromatic rings. The number of fused-ring (bicyclic) bond motifs is 1. The molecule has 3 nitrogen and oxygen atoms in total. The highest BCUT2D eigenvalue weighted by atomic mass is 79.9. The highest BCUT2D eigenvalue weighted by Crippen LogP contribution is 2.41. The number of aryl methyl sites for hydroxylation is 1. The molecule has 1 atom stereocenters. The van der Waals surface area contributed by atoms with E-state index in [9.17, 15) is 9.90 Å². The van der Waals surface area contributed by atoms with E-state index in [4.69, 9.17) is 0 Å². The molecule has 1 aliphatic heterocycles. The van der Waals surface area contributed by atoms with Gasteiger partial charge in [0.1, 0.15) is 0 Å². The largest absolute Gasteiger partial charge is 0.378 e. The molecule has 2 N–H and O–H groups in total. The monoisotopic (exact) mass is 349 g/mol. The smallest absolute Gasteiger partial charge is 0.257 e. The Morgan fingerprint density at radius 2 is 2.10 bits per heavy atom. The quantitative estimate of drug-likeness (QED) is 0.864. The first-order valence-electron chi connectivity index (χ1n) is 6.11. The lowest BCUT2D eigenvalue weighted by Gasteiger charge is -2.08. The van der Waals surface area contributed by atoms with Gasteiger partial charge in [-0.15, -0.1) is 0 Å². The van der Waals surface area contributed by atoms with Gasteiger partial charge in [0.05, 0.1) is 0 Å². The van der Waals surface area contributed by atoms with Crippen LogP contribution in [0.15, 0.2) is 50.7 Å². The van der Waals surface area contributed by atoms with Crippen LogP contribution in [0.5, 0.6) is 0 Å². The van der Waals surface area contributed by atoms with Crippen LogP contribution in [-0.4, -0.2) is 11.0 Å². The Balaban J connectivity index is 1.96. The molecule has 0 saturated carbocycles. The number of hydrogen-bond acceptors (Lipinski definition) is 3. The molecule has 0 saturated heterocycles. The van der Waals surface area contributed by atoms with Crippen LogP contribution in [0.25, 0.3) is 0 Å². The Labute approximate surface area is 129 Å². The SMILES string of the molecule is Cc1cccc(Sc2cc3c(cc2Br)C(O)C(=O)N3)c1. The van der Waals surface area contributed by atoms with Gasteiger partial charge in [0.15, 0.2) is 6.10 Å². The van der Waals surface area contributed by atoms with E-state index in [0.717, 1.165) is 14.3 Å². The minimum absolute atomic E-state index is 0.371. The third kappa shape index (κ3) is 2.49. The summed E-state index contributed by atoms with van der Waals surface area (Å²) in [6.45, 7) is 2.05. The van der Waals surface area contributed by atoms with Crippen LogP contribution in [0.1, 0.15) is 17.2 Å². The molecule has 0 radical (unpaired) electrons. The van der Waals surface area contributed by atoms with Crippen molar-refractivity contribution in [2.75, 3.05) is 5.32 Å². The molecular formula is C15H12BrNO2S. The second-order valence-corrected chi connectivity index (χ2v) is 6.65. The maximum absolute atomic E-state index is 11.5. The molecule has 1 unspecified atom stereocenters. The van der Waals surface area contributed by atoms with Gasteiger partial charge in [-0.2, -0.15) is 0 Å². The molecule has 0 spiro atoms. The number of hydrogen-bond donors (Lipinski definition) is 2. The van der Waals surface area contributed by atoms with Gasteiger partial charge in [-0.1, -0.05) is 29.5 Å². The van der Waals surface area contributed by atoms with Crippen molar-refractivity contribution in [2.24, 2.45) is 0 Å². The Bertz CT molecular complexity index is 702. The Hall–Kier alpha value is -1.30. The van der Waals surface area contributed by atoms with E-state index in [1.807, 2.05) is 18.2 Å². The molecule has 0 bridgehead atoms. The molecule has 2 aromatic carbocycles.